The van der Waals surface area contributed by atoms with Gasteiger partial charge in [0.2, 0.25) is 5.75 Å². The highest BCUT2D eigenvalue weighted by molar-refractivity contribution is 7.84. The van der Waals surface area contributed by atoms with Crippen LogP contribution >= 0.6 is 0 Å². The van der Waals surface area contributed by atoms with Crippen LogP contribution in [0.25, 0.3) is 0 Å². The SMILES string of the molecule is CCNC(=NCc1cc(OC)c(OC)c(OC)c1)NCCS(=O)Cc1ccccc1. The van der Waals surface area contributed by atoms with Crippen LogP contribution in [0.3, 0.4) is 0 Å². The molecule has 0 saturated heterocycles. The van der Waals surface area contributed by atoms with Crippen LogP contribution in [-0.2, 0) is 23.1 Å². The Morgan fingerprint density at radius 2 is 1.63 bits per heavy atom. The summed E-state index contributed by atoms with van der Waals surface area (Å²) in [6.45, 7) is 3.73. The zero-order valence-electron chi connectivity index (χ0n) is 18.1. The normalized spacial score (nSPS) is 12.2. The van der Waals surface area contributed by atoms with Crippen LogP contribution in [0, 0.1) is 0 Å². The van der Waals surface area contributed by atoms with E-state index in [4.69, 9.17) is 14.2 Å². The highest BCUT2D eigenvalue weighted by Crippen LogP contribution is 2.38. The summed E-state index contributed by atoms with van der Waals surface area (Å²) in [5, 5.41) is 6.45. The Bertz CT molecular complexity index is 819. The zero-order valence-corrected chi connectivity index (χ0v) is 18.9. The number of hydrogen-bond donors (Lipinski definition) is 2. The highest BCUT2D eigenvalue weighted by atomic mass is 32.2. The number of aliphatic imine (C=N–C) groups is 1. The summed E-state index contributed by atoms with van der Waals surface area (Å²) < 4.78 is 28.5. The van der Waals surface area contributed by atoms with E-state index in [1.165, 1.54) is 0 Å². The number of methoxy groups -OCH3 is 3. The predicted molar refractivity (Wildman–Crippen MR) is 122 cm³/mol. The molecule has 7 nitrogen and oxygen atoms in total. The lowest BCUT2D eigenvalue weighted by molar-refractivity contribution is 0.324. The maximum Gasteiger partial charge on any atom is 0.203 e. The van der Waals surface area contributed by atoms with Crippen LogP contribution < -0.4 is 24.8 Å². The first-order chi connectivity index (χ1) is 14.6. The van der Waals surface area contributed by atoms with Gasteiger partial charge in [0.15, 0.2) is 17.5 Å². The molecule has 0 amide bonds. The van der Waals surface area contributed by atoms with E-state index in [2.05, 4.69) is 15.6 Å². The number of nitrogens with one attached hydrogen (secondary N) is 2. The summed E-state index contributed by atoms with van der Waals surface area (Å²) in [5.74, 6) is 3.51. The van der Waals surface area contributed by atoms with Gasteiger partial charge in [0.25, 0.3) is 0 Å². The summed E-state index contributed by atoms with van der Waals surface area (Å²) in [4.78, 5) is 4.61. The first-order valence-corrected chi connectivity index (χ1v) is 11.3. The Morgan fingerprint density at radius 1 is 0.967 bits per heavy atom. The molecule has 8 heteroatoms. The molecule has 2 aromatic rings. The molecule has 0 fully saturated rings. The fourth-order valence-electron chi connectivity index (χ4n) is 2.85. The average molecular weight is 434 g/mol. The maximum atomic E-state index is 12.3. The Morgan fingerprint density at radius 3 is 2.20 bits per heavy atom. The molecule has 164 valence electrons. The van der Waals surface area contributed by atoms with Crippen molar-refractivity contribution in [3.05, 3.63) is 53.6 Å². The second-order valence-electron chi connectivity index (χ2n) is 6.43. The molecular formula is C22H31N3O4S. The van der Waals surface area contributed by atoms with Crippen molar-refractivity contribution in [3.63, 3.8) is 0 Å². The molecule has 0 heterocycles. The molecule has 1 atom stereocenters. The number of nitrogens with zero attached hydrogens (tertiary/aromatic N) is 1. The molecule has 0 saturated carbocycles. The van der Waals surface area contributed by atoms with Gasteiger partial charge in [-0.3, -0.25) is 4.21 Å². The Kier molecular flexibility index (Phi) is 10.00. The van der Waals surface area contributed by atoms with Crippen LogP contribution in [0.4, 0.5) is 0 Å². The molecule has 0 aliphatic heterocycles. The van der Waals surface area contributed by atoms with Gasteiger partial charge in [-0.05, 0) is 30.2 Å². The minimum absolute atomic E-state index is 0.430. The quantitative estimate of drug-likeness (QED) is 0.419. The molecule has 2 rings (SSSR count). The van der Waals surface area contributed by atoms with E-state index in [9.17, 15) is 4.21 Å². The van der Waals surface area contributed by atoms with E-state index in [1.54, 1.807) is 21.3 Å². The van der Waals surface area contributed by atoms with Crippen LogP contribution in [0.15, 0.2) is 47.5 Å². The minimum atomic E-state index is -0.936. The highest BCUT2D eigenvalue weighted by Gasteiger charge is 2.13. The predicted octanol–water partition coefficient (Wildman–Crippen LogP) is 2.72. The summed E-state index contributed by atoms with van der Waals surface area (Å²) in [7, 11) is 3.82. The van der Waals surface area contributed by atoms with Crippen LogP contribution in [0.1, 0.15) is 18.1 Å². The third-order valence-electron chi connectivity index (χ3n) is 4.28. The number of guanidine groups is 1. The van der Waals surface area contributed by atoms with Crippen molar-refractivity contribution in [2.75, 3.05) is 40.2 Å². The Labute approximate surface area is 181 Å². The summed E-state index contributed by atoms with van der Waals surface area (Å²) >= 11 is 0. The van der Waals surface area contributed by atoms with Gasteiger partial charge in [-0.1, -0.05) is 30.3 Å². The van der Waals surface area contributed by atoms with Gasteiger partial charge in [-0.2, -0.15) is 0 Å². The second-order valence-corrected chi connectivity index (χ2v) is 8.01. The summed E-state index contributed by atoms with van der Waals surface area (Å²) in [6.07, 6.45) is 0. The lowest BCUT2D eigenvalue weighted by Gasteiger charge is -2.14. The van der Waals surface area contributed by atoms with E-state index in [-0.39, 0.29) is 0 Å². The number of benzene rings is 2. The zero-order chi connectivity index (χ0) is 21.8. The van der Waals surface area contributed by atoms with E-state index in [0.29, 0.717) is 47.8 Å². The largest absolute Gasteiger partial charge is 0.493 e. The maximum absolute atomic E-state index is 12.3. The van der Waals surface area contributed by atoms with Crippen molar-refractivity contribution in [3.8, 4) is 17.2 Å². The van der Waals surface area contributed by atoms with Gasteiger partial charge in [0, 0.05) is 35.4 Å². The van der Waals surface area contributed by atoms with E-state index >= 15 is 0 Å². The Balaban J connectivity index is 1.96. The molecule has 30 heavy (non-hydrogen) atoms. The first-order valence-electron chi connectivity index (χ1n) is 9.81. The second kappa shape index (κ2) is 12.7. The lowest BCUT2D eigenvalue weighted by atomic mass is 10.2. The van der Waals surface area contributed by atoms with Crippen molar-refractivity contribution >= 4 is 16.8 Å². The first kappa shape index (κ1) is 23.5. The van der Waals surface area contributed by atoms with Crippen molar-refractivity contribution in [1.29, 1.82) is 0 Å². The van der Waals surface area contributed by atoms with Crippen LogP contribution in [-0.4, -0.2) is 50.3 Å². The molecule has 0 aromatic heterocycles. The third kappa shape index (κ3) is 7.26. The van der Waals surface area contributed by atoms with Gasteiger partial charge in [0.1, 0.15) is 0 Å². The average Bonchev–Trinajstić information content (AvgIpc) is 2.77. The van der Waals surface area contributed by atoms with E-state index < -0.39 is 10.8 Å². The van der Waals surface area contributed by atoms with Gasteiger partial charge >= 0.3 is 0 Å². The third-order valence-corrected chi connectivity index (χ3v) is 5.60. The molecule has 2 aromatic carbocycles. The number of ether oxygens (including phenoxy) is 3. The van der Waals surface area contributed by atoms with Gasteiger partial charge in [-0.25, -0.2) is 4.99 Å². The molecular weight excluding hydrogens is 402 g/mol. The van der Waals surface area contributed by atoms with E-state index in [0.717, 1.165) is 17.7 Å². The number of rotatable bonds is 11. The monoisotopic (exact) mass is 433 g/mol. The van der Waals surface area contributed by atoms with Crippen molar-refractivity contribution in [2.24, 2.45) is 4.99 Å². The molecule has 1 unspecified atom stereocenters. The molecule has 0 radical (unpaired) electrons. The molecule has 0 aliphatic carbocycles. The molecule has 0 spiro atoms. The fourth-order valence-corrected chi connectivity index (χ4v) is 3.89. The Hall–Kier alpha value is -2.74. The van der Waals surface area contributed by atoms with Crippen LogP contribution in [0.2, 0.25) is 0 Å². The van der Waals surface area contributed by atoms with Crippen molar-refractivity contribution in [1.82, 2.24) is 10.6 Å². The van der Waals surface area contributed by atoms with Crippen LogP contribution in [0.5, 0.6) is 17.2 Å². The lowest BCUT2D eigenvalue weighted by Crippen LogP contribution is -2.39. The number of hydrogen-bond acceptors (Lipinski definition) is 5. The van der Waals surface area contributed by atoms with Gasteiger partial charge < -0.3 is 24.8 Å². The molecule has 2 N–H and O–H groups in total. The minimum Gasteiger partial charge on any atom is -0.493 e. The summed E-state index contributed by atoms with van der Waals surface area (Å²) in [5.41, 5.74) is 2.01. The van der Waals surface area contributed by atoms with Crippen molar-refractivity contribution < 1.29 is 18.4 Å². The van der Waals surface area contributed by atoms with Gasteiger partial charge in [0.05, 0.1) is 27.9 Å². The van der Waals surface area contributed by atoms with E-state index in [1.807, 2.05) is 49.4 Å². The standard InChI is InChI=1S/C22H31N3O4S/c1-5-23-22(24-11-12-30(26)16-17-9-7-6-8-10-17)25-15-18-13-19(27-2)21(29-4)20(14-18)28-3/h6-10,13-14H,5,11-12,15-16H2,1-4H3,(H2,23,24,25). The van der Waals surface area contributed by atoms with Crippen molar-refractivity contribution in [2.45, 2.75) is 19.2 Å². The topological polar surface area (TPSA) is 81.2 Å². The smallest absolute Gasteiger partial charge is 0.203 e. The van der Waals surface area contributed by atoms with Gasteiger partial charge in [-0.15, -0.1) is 0 Å². The molecule has 0 aliphatic rings. The fraction of sp³-hybridized carbons (Fsp3) is 0.409. The molecule has 0 bridgehead atoms. The summed E-state index contributed by atoms with van der Waals surface area (Å²) in [6, 6.07) is 13.6.